The molecule has 2 aliphatic rings. The third-order valence-corrected chi connectivity index (χ3v) is 5.74. The lowest BCUT2D eigenvalue weighted by Gasteiger charge is -2.57. The molecule has 1 N–H and O–H groups in total. The molecule has 0 unspecified atom stereocenters. The number of carbonyl (C=O) groups excluding carboxylic acids is 1. The van der Waals surface area contributed by atoms with Crippen molar-refractivity contribution in [3.8, 4) is 11.8 Å². The zero-order valence-electron chi connectivity index (χ0n) is 16.8. The van der Waals surface area contributed by atoms with Crippen LogP contribution in [0, 0.1) is 11.8 Å². The summed E-state index contributed by atoms with van der Waals surface area (Å²) in [5.74, 6) is 6.30. The highest BCUT2D eigenvalue weighted by molar-refractivity contribution is 5.77. The molecule has 0 aliphatic carbocycles. The summed E-state index contributed by atoms with van der Waals surface area (Å²) in [5, 5.41) is 10.00. The van der Waals surface area contributed by atoms with E-state index in [-0.39, 0.29) is 37.1 Å². The van der Waals surface area contributed by atoms with Crippen molar-refractivity contribution in [1.82, 2.24) is 9.80 Å². The average Bonchev–Trinajstić information content (AvgIpc) is 2.68. The lowest BCUT2D eigenvalue weighted by atomic mass is 9.74. The van der Waals surface area contributed by atoms with Gasteiger partial charge in [-0.1, -0.05) is 24.0 Å². The number of carbonyl (C=O) groups is 1. The smallest absolute Gasteiger partial charge is 0.248 e. The number of amides is 1. The van der Waals surface area contributed by atoms with Gasteiger partial charge in [0.25, 0.3) is 0 Å². The van der Waals surface area contributed by atoms with E-state index in [2.05, 4.69) is 28.9 Å². The van der Waals surface area contributed by atoms with Crippen molar-refractivity contribution in [2.75, 3.05) is 53.7 Å². The fourth-order valence-electron chi connectivity index (χ4n) is 4.38. The van der Waals surface area contributed by atoms with Gasteiger partial charge in [0.1, 0.15) is 13.2 Å². The lowest BCUT2D eigenvalue weighted by molar-refractivity contribution is -0.140. The van der Waals surface area contributed by atoms with Crippen molar-refractivity contribution < 1.29 is 19.4 Å². The van der Waals surface area contributed by atoms with E-state index in [1.54, 1.807) is 14.2 Å². The van der Waals surface area contributed by atoms with E-state index < -0.39 is 0 Å². The molecule has 1 aromatic rings. The molecule has 2 fully saturated rings. The highest BCUT2D eigenvalue weighted by Gasteiger charge is 2.49. The topological polar surface area (TPSA) is 62.2 Å². The molecule has 28 heavy (non-hydrogen) atoms. The molecule has 3 rings (SSSR count). The van der Waals surface area contributed by atoms with Crippen LogP contribution in [-0.4, -0.2) is 86.6 Å². The quantitative estimate of drug-likeness (QED) is 0.768. The first-order valence-electron chi connectivity index (χ1n) is 9.90. The van der Waals surface area contributed by atoms with E-state index in [9.17, 15) is 9.90 Å². The maximum atomic E-state index is 12.4. The molecule has 2 aliphatic heterocycles. The molecular weight excluding hydrogens is 356 g/mol. The molecule has 3 atom stereocenters. The minimum atomic E-state index is 0.0410. The Morgan fingerprint density at radius 3 is 2.61 bits per heavy atom. The summed E-state index contributed by atoms with van der Waals surface area (Å²) < 4.78 is 10.0. The highest BCUT2D eigenvalue weighted by atomic mass is 16.5. The molecule has 6 nitrogen and oxygen atoms in total. The second-order valence-electron chi connectivity index (χ2n) is 7.42. The van der Waals surface area contributed by atoms with Crippen molar-refractivity contribution in [2.24, 2.45) is 0 Å². The average molecular weight is 386 g/mol. The van der Waals surface area contributed by atoms with Gasteiger partial charge in [-0.05, 0) is 37.1 Å². The molecule has 1 amide bonds. The minimum Gasteiger partial charge on any atom is -0.395 e. The summed E-state index contributed by atoms with van der Waals surface area (Å²) >= 11 is 0. The van der Waals surface area contributed by atoms with Gasteiger partial charge in [-0.2, -0.15) is 0 Å². The molecule has 152 valence electrons. The molecule has 1 aromatic carbocycles. The van der Waals surface area contributed by atoms with Crippen molar-refractivity contribution in [1.29, 1.82) is 0 Å². The summed E-state index contributed by atoms with van der Waals surface area (Å²) in [5.41, 5.74) is 2.14. The number of aliphatic hydroxyl groups excluding tert-OH is 1. The Labute approximate surface area is 167 Å². The molecule has 6 heteroatoms. The number of fused-ring (bicyclic) bond motifs is 1. The first-order chi connectivity index (χ1) is 13.7. The molecule has 2 saturated heterocycles. The van der Waals surface area contributed by atoms with Crippen LogP contribution in [-0.2, 0) is 14.3 Å². The van der Waals surface area contributed by atoms with E-state index in [4.69, 9.17) is 9.47 Å². The van der Waals surface area contributed by atoms with Crippen molar-refractivity contribution in [3.63, 3.8) is 0 Å². The van der Waals surface area contributed by atoms with E-state index in [0.29, 0.717) is 13.2 Å². The number of ether oxygens (including phenoxy) is 2. The summed E-state index contributed by atoms with van der Waals surface area (Å²) in [6.45, 7) is 3.09. The van der Waals surface area contributed by atoms with E-state index in [1.807, 2.05) is 17.0 Å². The Hall–Kier alpha value is -1.91. The third kappa shape index (κ3) is 4.56. The normalized spacial score (nSPS) is 25.0. The van der Waals surface area contributed by atoms with Crippen LogP contribution in [0.2, 0.25) is 0 Å². The molecule has 0 spiro atoms. The SMILES string of the molecule is COCC#Cc1ccc([C@H]2[C@@H](CO)N3CCCCN(C(=O)COC)C[C@@H]23)cc1. The van der Waals surface area contributed by atoms with Crippen molar-refractivity contribution in [2.45, 2.75) is 30.8 Å². The van der Waals surface area contributed by atoms with Gasteiger partial charge in [-0.3, -0.25) is 9.69 Å². The monoisotopic (exact) mass is 386 g/mol. The van der Waals surface area contributed by atoms with Gasteiger partial charge in [-0.25, -0.2) is 0 Å². The maximum absolute atomic E-state index is 12.4. The number of nitrogens with zero attached hydrogens (tertiary/aromatic N) is 2. The Balaban J connectivity index is 1.77. The standard InChI is InChI=1S/C22H30N2O4/c1-27-13-5-6-17-7-9-18(10-8-17)22-19-14-23(21(26)16-28-2)11-3-4-12-24(19)20(22)15-25/h7-10,19-20,22,25H,3-4,11-16H2,1-2H3/t19-,20+,22+/m0/s1. The molecule has 0 saturated carbocycles. The largest absolute Gasteiger partial charge is 0.395 e. The van der Waals surface area contributed by atoms with Crippen LogP contribution in [0.5, 0.6) is 0 Å². The summed E-state index contributed by atoms with van der Waals surface area (Å²) in [6.07, 6.45) is 2.01. The van der Waals surface area contributed by atoms with E-state index >= 15 is 0 Å². The zero-order valence-corrected chi connectivity index (χ0v) is 16.8. The number of hydrogen-bond acceptors (Lipinski definition) is 5. The summed E-state index contributed by atoms with van der Waals surface area (Å²) in [7, 11) is 3.18. The molecule has 0 radical (unpaired) electrons. The van der Waals surface area contributed by atoms with Crippen LogP contribution in [0.25, 0.3) is 0 Å². The van der Waals surface area contributed by atoms with Crippen molar-refractivity contribution >= 4 is 5.91 Å². The summed E-state index contributed by atoms with van der Waals surface area (Å²) in [6, 6.07) is 8.57. The predicted molar refractivity (Wildman–Crippen MR) is 107 cm³/mol. The van der Waals surface area contributed by atoms with Gasteiger partial charge in [0, 0.05) is 50.9 Å². The summed E-state index contributed by atoms with van der Waals surface area (Å²) in [4.78, 5) is 16.7. The number of benzene rings is 1. The number of aliphatic hydroxyl groups is 1. The van der Waals surface area contributed by atoms with Gasteiger partial charge in [0.2, 0.25) is 5.91 Å². The Morgan fingerprint density at radius 1 is 1.18 bits per heavy atom. The van der Waals surface area contributed by atoms with Crippen LogP contribution in [0.4, 0.5) is 0 Å². The fraction of sp³-hybridized carbons (Fsp3) is 0.591. The fourth-order valence-corrected chi connectivity index (χ4v) is 4.38. The van der Waals surface area contributed by atoms with Crippen LogP contribution >= 0.6 is 0 Å². The minimum absolute atomic E-state index is 0.0410. The Bertz CT molecular complexity index is 709. The number of methoxy groups -OCH3 is 2. The first kappa shape index (κ1) is 20.8. The Kier molecular flexibility index (Phi) is 7.46. The van der Waals surface area contributed by atoms with Crippen LogP contribution < -0.4 is 0 Å². The van der Waals surface area contributed by atoms with Gasteiger partial charge in [0.05, 0.1) is 6.61 Å². The number of hydrogen-bond donors (Lipinski definition) is 1. The maximum Gasteiger partial charge on any atom is 0.248 e. The van der Waals surface area contributed by atoms with Gasteiger partial charge in [0.15, 0.2) is 0 Å². The van der Waals surface area contributed by atoms with Crippen LogP contribution in [0.1, 0.15) is 29.9 Å². The van der Waals surface area contributed by atoms with Gasteiger partial charge in [-0.15, -0.1) is 0 Å². The van der Waals surface area contributed by atoms with Gasteiger partial charge >= 0.3 is 0 Å². The van der Waals surface area contributed by atoms with Crippen molar-refractivity contribution in [3.05, 3.63) is 35.4 Å². The first-order valence-corrected chi connectivity index (χ1v) is 9.90. The zero-order chi connectivity index (χ0) is 19.9. The number of rotatable bonds is 5. The van der Waals surface area contributed by atoms with Gasteiger partial charge < -0.3 is 19.5 Å². The molecular formula is C22H30N2O4. The molecule has 2 heterocycles. The van der Waals surface area contributed by atoms with Crippen LogP contribution in [0.15, 0.2) is 24.3 Å². The van der Waals surface area contributed by atoms with E-state index in [1.165, 1.54) is 5.56 Å². The predicted octanol–water partition coefficient (Wildman–Crippen LogP) is 1.08. The second kappa shape index (κ2) is 10.0. The van der Waals surface area contributed by atoms with Crippen LogP contribution in [0.3, 0.4) is 0 Å². The second-order valence-corrected chi connectivity index (χ2v) is 7.42. The Morgan fingerprint density at radius 2 is 1.93 bits per heavy atom. The lowest BCUT2D eigenvalue weighted by Crippen LogP contribution is -2.68. The molecule has 0 bridgehead atoms. The third-order valence-electron chi connectivity index (χ3n) is 5.74. The van der Waals surface area contributed by atoms with E-state index in [0.717, 1.165) is 31.5 Å². The molecule has 0 aromatic heterocycles. The highest BCUT2D eigenvalue weighted by Crippen LogP contribution is 2.41.